The lowest BCUT2D eigenvalue weighted by molar-refractivity contribution is 0.103. The van der Waals surface area contributed by atoms with Crippen LogP contribution in [0.15, 0.2) is 205 Å². The van der Waals surface area contributed by atoms with Gasteiger partial charge in [0.1, 0.15) is 0 Å². The highest BCUT2D eigenvalue weighted by Crippen LogP contribution is 2.39. The Bertz CT molecular complexity index is 3350. The van der Waals surface area contributed by atoms with Crippen molar-refractivity contribution in [3.05, 3.63) is 216 Å². The van der Waals surface area contributed by atoms with Crippen molar-refractivity contribution in [3.63, 3.8) is 0 Å². The quantitative estimate of drug-likeness (QED) is 0.126. The molecule has 266 valence electrons. The second-order valence-corrected chi connectivity index (χ2v) is 15.7. The Balaban J connectivity index is 0.000000165. The molecule has 57 heavy (non-hydrogen) atoms. The summed E-state index contributed by atoms with van der Waals surface area (Å²) in [5.41, 5.74) is 1.42. The molecule has 0 aromatic heterocycles. The molecule has 0 fully saturated rings. The molecule has 0 aliphatic heterocycles. The van der Waals surface area contributed by atoms with Gasteiger partial charge in [-0.2, -0.15) is 0 Å². The predicted molar refractivity (Wildman–Crippen MR) is 248 cm³/mol. The fourth-order valence-electron chi connectivity index (χ4n) is 9.14. The van der Waals surface area contributed by atoms with Gasteiger partial charge in [-0.15, -0.1) is 0 Å². The lowest BCUT2D eigenvalue weighted by Gasteiger charge is -2.13. The van der Waals surface area contributed by atoms with E-state index < -0.39 is 0 Å². The minimum Gasteiger partial charge on any atom is -0.289 e. The highest BCUT2D eigenvalue weighted by Gasteiger charge is 2.16. The van der Waals surface area contributed by atoms with Crippen molar-refractivity contribution in [3.8, 4) is 0 Å². The zero-order valence-electron chi connectivity index (χ0n) is 30.8. The maximum absolute atomic E-state index is 13.9. The summed E-state index contributed by atoms with van der Waals surface area (Å²) in [7, 11) is 0. The van der Waals surface area contributed by atoms with Gasteiger partial charge >= 0.3 is 0 Å². The summed E-state index contributed by atoms with van der Waals surface area (Å²) in [5.74, 6) is 0.0447. The van der Waals surface area contributed by atoms with Gasteiger partial charge in [0, 0.05) is 15.6 Å². The first kappa shape index (κ1) is 33.5. The Hall–Kier alpha value is -6.87. The third-order valence-corrected chi connectivity index (χ3v) is 12.2. The minimum atomic E-state index is 0.0447. The topological polar surface area (TPSA) is 17.1 Å². The van der Waals surface area contributed by atoms with Gasteiger partial charge < -0.3 is 0 Å². The van der Waals surface area contributed by atoms with E-state index >= 15 is 0 Å². The first-order valence-corrected chi connectivity index (χ1v) is 20.1. The molecule has 0 N–H and O–H groups in total. The number of carbonyl (C=O) groups excluding carboxylic acids is 1. The summed E-state index contributed by atoms with van der Waals surface area (Å²) in [6.45, 7) is 0. The molecule has 0 aliphatic carbocycles. The van der Waals surface area contributed by atoms with Crippen LogP contribution in [0.4, 0.5) is 0 Å². The van der Waals surface area contributed by atoms with Crippen LogP contribution in [0.1, 0.15) is 15.9 Å². The number of hydrogen-bond donors (Lipinski definition) is 0. The normalized spacial score (nSPS) is 11.7. The number of fused-ring (bicyclic) bond motifs is 18. The first-order chi connectivity index (χ1) is 28.1. The molecule has 12 rings (SSSR count). The summed E-state index contributed by atoms with van der Waals surface area (Å²) < 4.78 is 1.13. The Labute approximate surface area is 337 Å². The number of rotatable bonds is 2. The van der Waals surface area contributed by atoms with E-state index in [2.05, 4.69) is 204 Å². The van der Waals surface area contributed by atoms with E-state index in [0.29, 0.717) is 11.1 Å². The van der Waals surface area contributed by atoms with Crippen molar-refractivity contribution in [1.82, 2.24) is 0 Å². The zero-order chi connectivity index (χ0) is 38.0. The van der Waals surface area contributed by atoms with Crippen LogP contribution in [0.2, 0.25) is 0 Å². The van der Waals surface area contributed by atoms with Crippen molar-refractivity contribution < 1.29 is 4.79 Å². The second-order valence-electron chi connectivity index (χ2n) is 14.8. The fraction of sp³-hybridized carbons (Fsp3) is 0. The van der Waals surface area contributed by atoms with Crippen molar-refractivity contribution >= 4 is 119 Å². The minimum absolute atomic E-state index is 0.0447. The summed E-state index contributed by atoms with van der Waals surface area (Å²) in [4.78, 5) is 13.9. The van der Waals surface area contributed by atoms with Crippen LogP contribution in [0.5, 0.6) is 0 Å². The monoisotopic (exact) mass is 788 g/mol. The van der Waals surface area contributed by atoms with Crippen LogP contribution in [-0.4, -0.2) is 5.78 Å². The van der Waals surface area contributed by atoms with Crippen molar-refractivity contribution in [2.24, 2.45) is 0 Å². The van der Waals surface area contributed by atoms with Gasteiger partial charge in [-0.3, -0.25) is 4.79 Å². The first-order valence-electron chi connectivity index (χ1n) is 19.3. The molecule has 0 radical (unpaired) electrons. The number of ketones is 1. The van der Waals surface area contributed by atoms with E-state index in [4.69, 9.17) is 0 Å². The van der Waals surface area contributed by atoms with Crippen LogP contribution in [0, 0.1) is 0 Å². The van der Waals surface area contributed by atoms with E-state index in [-0.39, 0.29) is 5.78 Å². The molecule has 0 unspecified atom stereocenters. The maximum atomic E-state index is 13.9. The van der Waals surface area contributed by atoms with E-state index in [1.54, 1.807) is 0 Å². The molecule has 2 heteroatoms. The zero-order valence-corrected chi connectivity index (χ0v) is 32.4. The van der Waals surface area contributed by atoms with Gasteiger partial charge in [-0.25, -0.2) is 0 Å². The van der Waals surface area contributed by atoms with Crippen molar-refractivity contribution in [2.75, 3.05) is 0 Å². The number of benzene rings is 12. The second kappa shape index (κ2) is 13.4. The molecule has 12 aromatic rings. The Morgan fingerprint density at radius 3 is 0.737 bits per heavy atom. The summed E-state index contributed by atoms with van der Waals surface area (Å²) in [5, 5.41) is 22.2. The van der Waals surface area contributed by atoms with Gasteiger partial charge in [0.2, 0.25) is 0 Å². The Morgan fingerprint density at radius 1 is 0.246 bits per heavy atom. The van der Waals surface area contributed by atoms with Crippen molar-refractivity contribution in [1.29, 1.82) is 0 Å². The maximum Gasteiger partial charge on any atom is 0.193 e. The van der Waals surface area contributed by atoms with Crippen LogP contribution in [0.25, 0.3) is 97.0 Å². The molecular formula is C55H33BrO. The van der Waals surface area contributed by atoms with E-state index in [0.717, 1.165) is 15.2 Å². The highest BCUT2D eigenvalue weighted by molar-refractivity contribution is 9.10. The Morgan fingerprint density at radius 2 is 0.456 bits per heavy atom. The fourth-order valence-corrected chi connectivity index (χ4v) is 9.51. The molecule has 12 aromatic carbocycles. The van der Waals surface area contributed by atoms with Crippen LogP contribution >= 0.6 is 15.9 Å². The standard InChI is InChI=1S/C37H22O.C18H11Br/c38-37(23-17-19-33-29-13-3-1-9-25(29)27-11-5-7-15-31(27)35(33)21-23)24-18-20-34-30-14-4-2-10-26(30)28-12-6-8-16-32(28)36(34)22-24;19-12-9-10-17-15-7-2-1-5-13(15)14-6-3-4-8-16(14)18(17)11-12/h1-22H;1-11H. The Kier molecular flexibility index (Phi) is 7.87. The van der Waals surface area contributed by atoms with Crippen LogP contribution < -0.4 is 0 Å². The molecule has 0 heterocycles. The third kappa shape index (κ3) is 5.40. The lowest BCUT2D eigenvalue weighted by Crippen LogP contribution is -2.01. The van der Waals surface area contributed by atoms with Gasteiger partial charge in [0.25, 0.3) is 0 Å². The number of hydrogen-bond acceptors (Lipinski definition) is 1. The smallest absolute Gasteiger partial charge is 0.193 e. The molecule has 0 aliphatic rings. The average molecular weight is 790 g/mol. The molecular weight excluding hydrogens is 757 g/mol. The van der Waals surface area contributed by atoms with Gasteiger partial charge in [-0.1, -0.05) is 192 Å². The van der Waals surface area contributed by atoms with Crippen molar-refractivity contribution in [2.45, 2.75) is 0 Å². The number of halogens is 1. The van der Waals surface area contributed by atoms with Gasteiger partial charge in [0.05, 0.1) is 0 Å². The van der Waals surface area contributed by atoms with E-state index in [1.807, 2.05) is 12.1 Å². The molecule has 0 saturated heterocycles. The highest BCUT2D eigenvalue weighted by atomic mass is 79.9. The molecule has 0 spiro atoms. The molecule has 0 bridgehead atoms. The molecule has 1 nitrogen and oxygen atoms in total. The molecule has 0 saturated carbocycles. The average Bonchev–Trinajstić information content (AvgIpc) is 3.29. The van der Waals surface area contributed by atoms with E-state index in [1.165, 1.54) is 86.2 Å². The van der Waals surface area contributed by atoms with Gasteiger partial charge in [-0.05, 0) is 121 Å². The third-order valence-electron chi connectivity index (χ3n) is 11.7. The SMILES string of the molecule is Brc1ccc2c3ccccc3c3ccccc3c2c1.O=C(c1ccc2c3ccccc3c3ccccc3c2c1)c1ccc2c3ccccc3c3ccccc3c2c1. The summed E-state index contributed by atoms with van der Waals surface area (Å²) in [6.07, 6.45) is 0. The summed E-state index contributed by atoms with van der Waals surface area (Å²) >= 11 is 3.58. The van der Waals surface area contributed by atoms with Crippen LogP contribution in [0.3, 0.4) is 0 Å². The largest absolute Gasteiger partial charge is 0.289 e. The molecule has 0 atom stereocenters. The van der Waals surface area contributed by atoms with Gasteiger partial charge in [0.15, 0.2) is 5.78 Å². The lowest BCUT2D eigenvalue weighted by atomic mass is 9.90. The summed E-state index contributed by atoms with van der Waals surface area (Å²) in [6, 6.07) is 70.1. The number of carbonyl (C=O) groups is 1. The molecule has 0 amide bonds. The van der Waals surface area contributed by atoms with E-state index in [9.17, 15) is 4.79 Å². The van der Waals surface area contributed by atoms with Crippen LogP contribution in [-0.2, 0) is 0 Å². The predicted octanol–water partition coefficient (Wildman–Crippen LogP) is 15.7.